The summed E-state index contributed by atoms with van der Waals surface area (Å²) in [6, 6.07) is 23.0. The van der Waals surface area contributed by atoms with Crippen LogP contribution in [0.3, 0.4) is 0 Å². The van der Waals surface area contributed by atoms with Crippen LogP contribution in [0.25, 0.3) is 90.9 Å². The summed E-state index contributed by atoms with van der Waals surface area (Å²) in [5.41, 5.74) is 4.62. The van der Waals surface area contributed by atoms with Gasteiger partial charge in [0.15, 0.2) is 0 Å². The van der Waals surface area contributed by atoms with Crippen LogP contribution >= 0.6 is 0 Å². The number of phenols is 8. The predicted molar refractivity (Wildman–Crippen MR) is 212 cm³/mol. The van der Waals surface area contributed by atoms with Gasteiger partial charge in [-0.05, 0) is 119 Å². The number of aromatic nitrogens is 4. The third-order valence-corrected chi connectivity index (χ3v) is 9.61. The van der Waals surface area contributed by atoms with E-state index < -0.39 is 0 Å². The van der Waals surface area contributed by atoms with Crippen molar-refractivity contribution in [1.29, 1.82) is 0 Å². The zero-order valence-corrected chi connectivity index (χ0v) is 30.3. The van der Waals surface area contributed by atoms with Gasteiger partial charge in [0, 0.05) is 22.3 Å². The molecule has 0 spiro atoms. The maximum atomic E-state index is 11.2. The van der Waals surface area contributed by atoms with Crippen molar-refractivity contribution in [2.45, 2.75) is 0 Å². The molecular weight excluding hydrogens is 771 g/mol. The molecule has 7 aromatic rings. The maximum absolute atomic E-state index is 11.2. The SMILES string of the molecule is Oc1ccc(O)c(-c2c3nc(c(-c4cc(O)ccc4O)c4ccc([n-]4)c(-c4cc(O)ccc4O)c4nc(c(-c5cc(O)ccc5O)c5ccc2[n-]5)C=C4)C=C3)c1.[Co+2]. The molecule has 5 heterocycles. The Morgan fingerprint density at radius 3 is 0.772 bits per heavy atom. The monoisotopic (exact) mass is 799 g/mol. The molecule has 0 aliphatic carbocycles. The van der Waals surface area contributed by atoms with Crippen LogP contribution in [0.2, 0.25) is 0 Å². The first-order chi connectivity index (χ1) is 27.0. The molecular formula is C44H28CoN4O8. The summed E-state index contributed by atoms with van der Waals surface area (Å²) in [5, 5.41) is 87.0. The van der Waals surface area contributed by atoms with Crippen molar-refractivity contribution >= 4 is 46.4 Å². The Morgan fingerprint density at radius 1 is 0.316 bits per heavy atom. The fourth-order valence-corrected chi connectivity index (χ4v) is 7.09. The van der Waals surface area contributed by atoms with E-state index in [4.69, 9.17) is 19.9 Å². The Hall–Kier alpha value is -7.61. The molecule has 281 valence electrons. The van der Waals surface area contributed by atoms with Gasteiger partial charge in [0.25, 0.3) is 0 Å². The first kappa shape index (κ1) is 36.4. The topological polar surface area (TPSA) is 216 Å². The summed E-state index contributed by atoms with van der Waals surface area (Å²) >= 11 is 0. The van der Waals surface area contributed by atoms with E-state index >= 15 is 0 Å². The van der Waals surface area contributed by atoms with Crippen LogP contribution in [-0.2, 0) is 16.8 Å². The number of hydrogen-bond donors (Lipinski definition) is 8. The third kappa shape index (κ3) is 6.32. The minimum Gasteiger partial charge on any atom is -0.657 e. The molecule has 1 radical (unpaired) electrons. The van der Waals surface area contributed by atoms with Crippen molar-refractivity contribution < 1.29 is 57.6 Å². The second-order valence-corrected chi connectivity index (χ2v) is 13.2. The minimum absolute atomic E-state index is 0. The van der Waals surface area contributed by atoms with Crippen LogP contribution in [0.15, 0.2) is 97.1 Å². The molecule has 0 saturated carbocycles. The number of phenolic OH excluding ortho intramolecular Hbond substituents is 8. The Morgan fingerprint density at radius 2 is 0.544 bits per heavy atom. The molecule has 3 aromatic heterocycles. The predicted octanol–water partition coefficient (Wildman–Crippen LogP) is 8.22. The molecule has 8 bridgehead atoms. The largest absolute Gasteiger partial charge is 2.00 e. The van der Waals surface area contributed by atoms with Crippen molar-refractivity contribution in [3.8, 4) is 90.5 Å². The summed E-state index contributed by atoms with van der Waals surface area (Å²) in [7, 11) is 0. The standard InChI is InChI=1S/C44H28N4O8.Co/c49-21-1-13-37(53)25(17-21)41-29-5-7-31(45-29)42(26-18-22(50)2-14-38(26)54)33-9-11-35(47-33)44(28-20-24(52)4-16-40(28)56)36-12-10-34(48-36)43(32-8-6-30(41)46-32)27-19-23(51)3-15-39(27)55;/h1-20H,(H8-2,45,46,47,48,49,50,51,52,53,54,55,56);/q-2;+2. The van der Waals surface area contributed by atoms with E-state index in [1.807, 2.05) is 0 Å². The van der Waals surface area contributed by atoms with E-state index in [9.17, 15) is 40.9 Å². The van der Waals surface area contributed by atoms with E-state index in [-0.39, 0.29) is 85.0 Å². The number of nitrogens with zero attached hydrogens (tertiary/aromatic N) is 4. The smallest absolute Gasteiger partial charge is 0.657 e. The quantitative estimate of drug-likeness (QED) is 0.0791. The normalized spacial score (nSPS) is 11.8. The van der Waals surface area contributed by atoms with Crippen LogP contribution in [0.5, 0.6) is 46.0 Å². The van der Waals surface area contributed by atoms with Gasteiger partial charge in [-0.25, -0.2) is 9.97 Å². The molecule has 8 N–H and O–H groups in total. The third-order valence-electron chi connectivity index (χ3n) is 9.61. The second-order valence-electron chi connectivity index (χ2n) is 13.2. The van der Waals surface area contributed by atoms with Crippen molar-refractivity contribution in [3.05, 3.63) is 120 Å². The van der Waals surface area contributed by atoms with Crippen molar-refractivity contribution in [2.24, 2.45) is 0 Å². The van der Waals surface area contributed by atoms with E-state index in [1.54, 1.807) is 48.6 Å². The van der Waals surface area contributed by atoms with Gasteiger partial charge in [-0.2, -0.15) is 0 Å². The van der Waals surface area contributed by atoms with Gasteiger partial charge in [0.05, 0.1) is 22.8 Å². The minimum atomic E-state index is -0.172. The Bertz CT molecular complexity index is 2640. The molecule has 0 atom stereocenters. The molecule has 57 heavy (non-hydrogen) atoms. The van der Waals surface area contributed by atoms with E-state index in [1.165, 1.54) is 72.8 Å². The molecule has 0 saturated heterocycles. The molecule has 12 nitrogen and oxygen atoms in total. The summed E-state index contributed by atoms with van der Waals surface area (Å²) in [6.07, 6.45) is 6.73. The average Bonchev–Trinajstić information content (AvgIpc) is 4.01. The van der Waals surface area contributed by atoms with Crippen LogP contribution in [0.1, 0.15) is 22.8 Å². The summed E-state index contributed by atoms with van der Waals surface area (Å²) < 4.78 is 0. The van der Waals surface area contributed by atoms with Gasteiger partial charge in [-0.15, -0.1) is 22.1 Å². The molecule has 0 fully saturated rings. The zero-order chi connectivity index (χ0) is 38.8. The maximum Gasteiger partial charge on any atom is 2.00 e. The molecule has 2 aliphatic heterocycles. The second kappa shape index (κ2) is 13.9. The Balaban J connectivity index is 0.00000455. The fraction of sp³-hybridized carbons (Fsp3) is 0. The number of rotatable bonds is 4. The first-order valence-electron chi connectivity index (χ1n) is 17.2. The Kier molecular flexibility index (Phi) is 8.87. The van der Waals surface area contributed by atoms with Gasteiger partial charge in [0.2, 0.25) is 0 Å². The van der Waals surface area contributed by atoms with Crippen LogP contribution in [0, 0.1) is 0 Å². The zero-order valence-electron chi connectivity index (χ0n) is 29.2. The van der Waals surface area contributed by atoms with Crippen LogP contribution in [0.4, 0.5) is 0 Å². The molecule has 0 unspecified atom stereocenters. The van der Waals surface area contributed by atoms with Gasteiger partial charge in [-0.1, -0.05) is 24.3 Å². The molecule has 4 aromatic carbocycles. The van der Waals surface area contributed by atoms with Gasteiger partial charge >= 0.3 is 16.8 Å². The number of aromatic hydroxyl groups is 8. The fourth-order valence-electron chi connectivity index (χ4n) is 7.09. The Labute approximate surface area is 333 Å². The molecule has 0 amide bonds. The van der Waals surface area contributed by atoms with Crippen LogP contribution in [-0.4, -0.2) is 50.8 Å². The van der Waals surface area contributed by atoms with Gasteiger partial charge in [-0.3, -0.25) is 0 Å². The first-order valence-corrected chi connectivity index (χ1v) is 17.2. The molecule has 13 heteroatoms. The number of benzene rings is 4. The number of hydrogen-bond acceptors (Lipinski definition) is 10. The van der Waals surface area contributed by atoms with E-state index in [2.05, 4.69) is 0 Å². The summed E-state index contributed by atoms with van der Waals surface area (Å²) in [4.78, 5) is 19.9. The summed E-state index contributed by atoms with van der Waals surface area (Å²) in [5.74, 6) is -1.20. The van der Waals surface area contributed by atoms with Gasteiger partial charge < -0.3 is 50.8 Å². The average molecular weight is 800 g/mol. The summed E-state index contributed by atoms with van der Waals surface area (Å²) in [6.45, 7) is 0. The molecule has 2 aliphatic rings. The van der Waals surface area contributed by atoms with Crippen LogP contribution < -0.4 is 9.97 Å². The van der Waals surface area contributed by atoms with Gasteiger partial charge in [0.1, 0.15) is 46.0 Å². The van der Waals surface area contributed by atoms with Crippen molar-refractivity contribution in [3.63, 3.8) is 0 Å². The van der Waals surface area contributed by atoms with Crippen molar-refractivity contribution in [2.75, 3.05) is 0 Å². The number of fused-ring (bicyclic) bond motifs is 8. The van der Waals surface area contributed by atoms with E-state index in [0.717, 1.165) is 0 Å². The molecule has 9 rings (SSSR count). The van der Waals surface area contributed by atoms with E-state index in [0.29, 0.717) is 67.1 Å². The van der Waals surface area contributed by atoms with Crippen molar-refractivity contribution in [1.82, 2.24) is 19.9 Å².